The molecule has 0 unspecified atom stereocenters. The van der Waals surface area contributed by atoms with Gasteiger partial charge in [0.25, 0.3) is 0 Å². The lowest BCUT2D eigenvalue weighted by Crippen LogP contribution is -2.14. The first-order valence-electron chi connectivity index (χ1n) is 14.8. The van der Waals surface area contributed by atoms with Crippen molar-refractivity contribution >= 4 is 21.8 Å². The molecule has 1 aliphatic carbocycles. The standard InChI is InChI=1S/C25H19N.C16H16/c1-3-10-19(11-4-1)18-20-12-9-16-23-22-15-7-8-17-24(22)26(25(20)23)21-13-5-2-6-14-21;1-11-8-9-13-12-6-4-5-7-14(12)16(2,3)15(13)10-11/h1-17H,18H2;4-10H,1-3H3. The Morgan fingerprint density at radius 1 is 0.548 bits per heavy atom. The van der Waals surface area contributed by atoms with Crippen molar-refractivity contribution < 1.29 is 0 Å². The molecular weight excluding hydrogens is 506 g/mol. The van der Waals surface area contributed by atoms with Gasteiger partial charge >= 0.3 is 0 Å². The summed E-state index contributed by atoms with van der Waals surface area (Å²) >= 11 is 0. The predicted octanol–water partition coefficient (Wildman–Crippen LogP) is 10.7. The van der Waals surface area contributed by atoms with E-state index < -0.39 is 0 Å². The molecule has 0 saturated carbocycles. The molecule has 0 radical (unpaired) electrons. The lowest BCUT2D eigenvalue weighted by atomic mass is 9.82. The zero-order valence-corrected chi connectivity index (χ0v) is 24.5. The molecule has 1 heteroatoms. The van der Waals surface area contributed by atoms with Gasteiger partial charge in [-0.05, 0) is 64.9 Å². The maximum Gasteiger partial charge on any atom is 0.0576 e. The quantitative estimate of drug-likeness (QED) is 0.210. The van der Waals surface area contributed by atoms with Gasteiger partial charge in [-0.2, -0.15) is 0 Å². The summed E-state index contributed by atoms with van der Waals surface area (Å²) < 4.78 is 2.41. The van der Waals surface area contributed by atoms with E-state index >= 15 is 0 Å². The fourth-order valence-electron chi connectivity index (χ4n) is 6.71. The molecule has 0 N–H and O–H groups in total. The van der Waals surface area contributed by atoms with Crippen LogP contribution in [-0.2, 0) is 11.8 Å². The molecule has 8 rings (SSSR count). The van der Waals surface area contributed by atoms with Gasteiger partial charge in [0.15, 0.2) is 0 Å². The molecule has 1 aromatic heterocycles. The van der Waals surface area contributed by atoms with Crippen LogP contribution >= 0.6 is 0 Å². The van der Waals surface area contributed by atoms with Crippen molar-refractivity contribution in [3.8, 4) is 16.8 Å². The van der Waals surface area contributed by atoms with E-state index in [-0.39, 0.29) is 5.41 Å². The van der Waals surface area contributed by atoms with Gasteiger partial charge in [-0.1, -0.05) is 147 Å². The summed E-state index contributed by atoms with van der Waals surface area (Å²) in [5, 5.41) is 2.62. The topological polar surface area (TPSA) is 4.93 Å². The van der Waals surface area contributed by atoms with Crippen LogP contribution in [0.1, 0.15) is 41.7 Å². The van der Waals surface area contributed by atoms with E-state index in [2.05, 4.69) is 171 Å². The summed E-state index contributed by atoms with van der Waals surface area (Å²) in [6.07, 6.45) is 0.932. The summed E-state index contributed by atoms with van der Waals surface area (Å²) in [5.41, 5.74) is 13.7. The number of hydrogen-bond acceptors (Lipinski definition) is 0. The molecule has 0 fully saturated rings. The third kappa shape index (κ3) is 4.43. The van der Waals surface area contributed by atoms with Gasteiger partial charge in [-0.15, -0.1) is 0 Å². The molecule has 0 bridgehead atoms. The van der Waals surface area contributed by atoms with Crippen molar-refractivity contribution in [2.24, 2.45) is 0 Å². The minimum atomic E-state index is 0.151. The fraction of sp³-hybridized carbons (Fsp3) is 0.122. The van der Waals surface area contributed by atoms with E-state index in [1.165, 1.54) is 66.4 Å². The monoisotopic (exact) mass is 541 g/mol. The summed E-state index contributed by atoms with van der Waals surface area (Å²) in [6.45, 7) is 6.80. The zero-order chi connectivity index (χ0) is 28.7. The van der Waals surface area contributed by atoms with Gasteiger partial charge in [0.1, 0.15) is 0 Å². The van der Waals surface area contributed by atoms with Gasteiger partial charge < -0.3 is 4.57 Å². The molecular formula is C41H35N. The van der Waals surface area contributed by atoms with Crippen molar-refractivity contribution in [2.45, 2.75) is 32.6 Å². The first kappa shape index (κ1) is 26.0. The molecule has 0 atom stereocenters. The Bertz CT molecular complexity index is 2030. The Balaban J connectivity index is 0.000000154. The van der Waals surface area contributed by atoms with E-state index in [9.17, 15) is 0 Å². The number of benzene rings is 6. The van der Waals surface area contributed by atoms with Gasteiger partial charge in [0.05, 0.1) is 11.0 Å². The number of para-hydroxylation sites is 3. The number of fused-ring (bicyclic) bond motifs is 6. The second-order valence-electron chi connectivity index (χ2n) is 11.9. The Hall–Kier alpha value is -4.88. The van der Waals surface area contributed by atoms with Crippen LogP contribution in [0.5, 0.6) is 0 Å². The minimum absolute atomic E-state index is 0.151. The predicted molar refractivity (Wildman–Crippen MR) is 179 cm³/mol. The van der Waals surface area contributed by atoms with Gasteiger partial charge in [-0.25, -0.2) is 0 Å². The van der Waals surface area contributed by atoms with Crippen molar-refractivity contribution in [2.75, 3.05) is 0 Å². The maximum absolute atomic E-state index is 2.41. The highest BCUT2D eigenvalue weighted by Gasteiger charge is 2.34. The zero-order valence-electron chi connectivity index (χ0n) is 24.5. The van der Waals surface area contributed by atoms with Crippen LogP contribution in [-0.4, -0.2) is 4.57 Å². The normalized spacial score (nSPS) is 12.9. The Labute approximate surface area is 248 Å². The lowest BCUT2D eigenvalue weighted by Gasteiger charge is -2.21. The van der Waals surface area contributed by atoms with Crippen molar-refractivity contribution in [3.63, 3.8) is 0 Å². The third-order valence-electron chi connectivity index (χ3n) is 8.77. The van der Waals surface area contributed by atoms with E-state index in [1.807, 2.05) is 0 Å². The maximum atomic E-state index is 2.41. The number of nitrogens with zero attached hydrogens (tertiary/aromatic N) is 1. The van der Waals surface area contributed by atoms with Crippen LogP contribution in [0.2, 0.25) is 0 Å². The molecule has 1 nitrogen and oxygen atoms in total. The molecule has 0 aliphatic heterocycles. The summed E-state index contributed by atoms with van der Waals surface area (Å²) in [7, 11) is 0. The third-order valence-corrected chi connectivity index (χ3v) is 8.77. The molecule has 0 amide bonds. The van der Waals surface area contributed by atoms with Crippen LogP contribution in [0, 0.1) is 6.92 Å². The molecule has 0 saturated heterocycles. The second-order valence-corrected chi connectivity index (χ2v) is 11.9. The Morgan fingerprint density at radius 3 is 2.00 bits per heavy atom. The van der Waals surface area contributed by atoms with Gasteiger partial charge in [0.2, 0.25) is 0 Å². The largest absolute Gasteiger partial charge is 0.309 e. The van der Waals surface area contributed by atoms with Crippen LogP contribution < -0.4 is 0 Å². The number of hydrogen-bond donors (Lipinski definition) is 0. The van der Waals surface area contributed by atoms with E-state index in [0.717, 1.165) is 6.42 Å². The molecule has 6 aromatic carbocycles. The Kier molecular flexibility index (Phi) is 6.52. The van der Waals surface area contributed by atoms with E-state index in [4.69, 9.17) is 0 Å². The van der Waals surface area contributed by atoms with Crippen LogP contribution in [0.15, 0.2) is 146 Å². The number of rotatable bonds is 3. The van der Waals surface area contributed by atoms with Crippen molar-refractivity contribution in [1.29, 1.82) is 0 Å². The highest BCUT2D eigenvalue weighted by atomic mass is 15.0. The molecule has 7 aromatic rings. The van der Waals surface area contributed by atoms with Crippen LogP contribution in [0.4, 0.5) is 0 Å². The molecule has 42 heavy (non-hydrogen) atoms. The number of aromatic nitrogens is 1. The molecule has 204 valence electrons. The molecule has 1 aliphatic rings. The lowest BCUT2D eigenvalue weighted by molar-refractivity contribution is 0.660. The Morgan fingerprint density at radius 2 is 1.19 bits per heavy atom. The molecule has 1 heterocycles. The van der Waals surface area contributed by atoms with Crippen molar-refractivity contribution in [1.82, 2.24) is 4.57 Å². The van der Waals surface area contributed by atoms with Crippen LogP contribution in [0.3, 0.4) is 0 Å². The van der Waals surface area contributed by atoms with E-state index in [0.29, 0.717) is 0 Å². The average Bonchev–Trinajstić information content (AvgIpc) is 3.48. The first-order valence-corrected chi connectivity index (χ1v) is 14.8. The molecule has 0 spiro atoms. The van der Waals surface area contributed by atoms with Gasteiger partial charge in [0, 0.05) is 21.9 Å². The number of aryl methyl sites for hydroxylation is 1. The highest BCUT2D eigenvalue weighted by molar-refractivity contribution is 6.10. The average molecular weight is 542 g/mol. The highest BCUT2D eigenvalue weighted by Crippen LogP contribution is 2.48. The fourth-order valence-corrected chi connectivity index (χ4v) is 6.71. The summed E-state index contributed by atoms with van der Waals surface area (Å²) in [6, 6.07) is 52.3. The van der Waals surface area contributed by atoms with E-state index in [1.54, 1.807) is 0 Å². The van der Waals surface area contributed by atoms with Crippen molar-refractivity contribution in [3.05, 3.63) is 173 Å². The first-order chi connectivity index (χ1) is 20.5. The second kappa shape index (κ2) is 10.5. The smallest absolute Gasteiger partial charge is 0.0576 e. The summed E-state index contributed by atoms with van der Waals surface area (Å²) in [4.78, 5) is 0. The minimum Gasteiger partial charge on any atom is -0.309 e. The van der Waals surface area contributed by atoms with Gasteiger partial charge in [-0.3, -0.25) is 0 Å². The summed E-state index contributed by atoms with van der Waals surface area (Å²) in [5.74, 6) is 0. The SMILES string of the molecule is Cc1ccc2c(c1)C(C)(C)c1ccccc1-2.c1ccc(Cc2cccc3c4ccccc4n(-c4ccccc4)c23)cc1. The van der Waals surface area contributed by atoms with Crippen LogP contribution in [0.25, 0.3) is 38.6 Å².